The van der Waals surface area contributed by atoms with Crippen LogP contribution in [-0.2, 0) is 14.8 Å². The maximum absolute atomic E-state index is 12.2. The van der Waals surface area contributed by atoms with Gasteiger partial charge < -0.3 is 9.88 Å². The third-order valence-corrected chi connectivity index (χ3v) is 7.15. The molecule has 30 heavy (non-hydrogen) atoms. The Morgan fingerprint density at radius 1 is 0.967 bits per heavy atom. The zero-order valence-corrected chi connectivity index (χ0v) is 18.5. The van der Waals surface area contributed by atoms with Crippen molar-refractivity contribution in [3.8, 4) is 5.69 Å². The lowest BCUT2D eigenvalue weighted by atomic mass is 10.2. The van der Waals surface area contributed by atoms with Gasteiger partial charge in [0.15, 0.2) is 0 Å². The van der Waals surface area contributed by atoms with Crippen LogP contribution in [0.3, 0.4) is 0 Å². The highest BCUT2D eigenvalue weighted by molar-refractivity contribution is 7.90. The number of rotatable bonds is 8. The fraction of sp³-hybridized carbons (Fsp3) is 0.348. The Bertz CT molecular complexity index is 1110. The number of fused-ring (bicyclic) bond motifs is 1. The molecule has 0 aliphatic rings. The number of unbranched alkanes of at least 4 members (excludes halogenated alkanes) is 1. The van der Waals surface area contributed by atoms with Gasteiger partial charge in [0.1, 0.15) is 0 Å². The topological polar surface area (TPSA) is 80.2 Å². The van der Waals surface area contributed by atoms with Gasteiger partial charge in [-0.1, -0.05) is 18.2 Å². The van der Waals surface area contributed by atoms with Crippen LogP contribution in [0.25, 0.3) is 16.6 Å². The summed E-state index contributed by atoms with van der Waals surface area (Å²) in [7, 11) is -3.34. The van der Waals surface area contributed by atoms with E-state index in [0.717, 1.165) is 16.9 Å². The SMILES string of the molecule is CC(C)(C)S(=O)(=O)NCCCCC(=O)Nc1ccc(-n2ccc3ccccc32)cc1. The largest absolute Gasteiger partial charge is 0.326 e. The van der Waals surface area contributed by atoms with E-state index in [0.29, 0.717) is 25.8 Å². The molecule has 3 aromatic rings. The second kappa shape index (κ2) is 9.02. The average molecular weight is 428 g/mol. The summed E-state index contributed by atoms with van der Waals surface area (Å²) < 4.78 is 27.8. The van der Waals surface area contributed by atoms with Gasteiger partial charge >= 0.3 is 0 Å². The van der Waals surface area contributed by atoms with Crippen LogP contribution in [0, 0.1) is 0 Å². The molecule has 0 aliphatic carbocycles. The predicted molar refractivity (Wildman–Crippen MR) is 122 cm³/mol. The van der Waals surface area contributed by atoms with Crippen LogP contribution in [0.5, 0.6) is 0 Å². The summed E-state index contributed by atoms with van der Waals surface area (Å²) in [5.41, 5.74) is 2.91. The van der Waals surface area contributed by atoms with Gasteiger partial charge in [0, 0.05) is 30.5 Å². The molecule has 6 nitrogen and oxygen atoms in total. The molecule has 3 rings (SSSR count). The summed E-state index contributed by atoms with van der Waals surface area (Å²) >= 11 is 0. The van der Waals surface area contributed by atoms with Gasteiger partial charge in [-0.2, -0.15) is 0 Å². The number of sulfonamides is 1. The lowest BCUT2D eigenvalue weighted by Gasteiger charge is -2.19. The summed E-state index contributed by atoms with van der Waals surface area (Å²) in [5.74, 6) is -0.0761. The minimum absolute atomic E-state index is 0.0761. The molecule has 2 N–H and O–H groups in total. The van der Waals surface area contributed by atoms with Crippen LogP contribution in [0.15, 0.2) is 60.8 Å². The van der Waals surface area contributed by atoms with E-state index >= 15 is 0 Å². The van der Waals surface area contributed by atoms with Crippen molar-refractivity contribution in [3.05, 3.63) is 60.8 Å². The van der Waals surface area contributed by atoms with Gasteiger partial charge in [0.25, 0.3) is 0 Å². The van der Waals surface area contributed by atoms with E-state index in [1.165, 1.54) is 5.39 Å². The van der Waals surface area contributed by atoms with E-state index in [-0.39, 0.29) is 5.91 Å². The smallest absolute Gasteiger partial charge is 0.224 e. The molecule has 0 saturated heterocycles. The third-order valence-electron chi connectivity index (χ3n) is 4.96. The summed E-state index contributed by atoms with van der Waals surface area (Å²) in [6.07, 6.45) is 3.61. The van der Waals surface area contributed by atoms with E-state index in [1.807, 2.05) is 42.6 Å². The standard InChI is InChI=1S/C23H29N3O3S/c1-23(2,3)30(28,29)24-16-7-6-10-22(27)25-19-11-13-20(14-12-19)26-17-15-18-8-4-5-9-21(18)26/h4-5,8-9,11-15,17,24H,6-7,10,16H2,1-3H3,(H,25,27). The number of carbonyl (C=O) groups excluding carboxylic acids is 1. The van der Waals surface area contributed by atoms with Crippen LogP contribution < -0.4 is 10.0 Å². The Morgan fingerprint density at radius 2 is 1.67 bits per heavy atom. The van der Waals surface area contributed by atoms with E-state index < -0.39 is 14.8 Å². The van der Waals surface area contributed by atoms with Gasteiger partial charge in [-0.05, 0) is 75.4 Å². The molecular weight excluding hydrogens is 398 g/mol. The maximum atomic E-state index is 12.2. The van der Waals surface area contributed by atoms with Crippen molar-refractivity contribution in [3.63, 3.8) is 0 Å². The van der Waals surface area contributed by atoms with Crippen LogP contribution in [0.1, 0.15) is 40.0 Å². The molecule has 0 bridgehead atoms. The summed E-state index contributed by atoms with van der Waals surface area (Å²) in [4.78, 5) is 12.2. The van der Waals surface area contributed by atoms with Crippen molar-refractivity contribution >= 4 is 32.5 Å². The molecule has 1 aromatic heterocycles. The third kappa shape index (κ3) is 5.29. The second-order valence-electron chi connectivity index (χ2n) is 8.31. The van der Waals surface area contributed by atoms with E-state index in [4.69, 9.17) is 0 Å². The molecule has 160 valence electrons. The highest BCUT2D eigenvalue weighted by atomic mass is 32.2. The normalized spacial score (nSPS) is 12.2. The number of benzene rings is 2. The minimum atomic E-state index is -3.34. The maximum Gasteiger partial charge on any atom is 0.224 e. The van der Waals surface area contributed by atoms with Crippen LogP contribution >= 0.6 is 0 Å². The number of amides is 1. The van der Waals surface area contributed by atoms with Crippen molar-refractivity contribution in [2.24, 2.45) is 0 Å². The number of nitrogens with zero attached hydrogens (tertiary/aromatic N) is 1. The lowest BCUT2D eigenvalue weighted by Crippen LogP contribution is -2.39. The van der Waals surface area contributed by atoms with Gasteiger partial charge in [0.05, 0.1) is 10.3 Å². The Balaban J connectivity index is 1.47. The summed E-state index contributed by atoms with van der Waals surface area (Å²) in [6.45, 7) is 5.32. The Hall–Kier alpha value is -2.64. The van der Waals surface area contributed by atoms with Gasteiger partial charge in [-0.25, -0.2) is 13.1 Å². The Labute approximate surface area is 178 Å². The van der Waals surface area contributed by atoms with Crippen molar-refractivity contribution in [1.82, 2.24) is 9.29 Å². The van der Waals surface area contributed by atoms with Crippen molar-refractivity contribution in [1.29, 1.82) is 0 Å². The number of anilines is 1. The zero-order chi connectivity index (χ0) is 21.8. The molecule has 2 aromatic carbocycles. The van der Waals surface area contributed by atoms with Gasteiger partial charge in [0.2, 0.25) is 15.9 Å². The molecule has 1 heterocycles. The first kappa shape index (κ1) is 22.1. The average Bonchev–Trinajstić information content (AvgIpc) is 3.11. The number of para-hydroxylation sites is 1. The lowest BCUT2D eigenvalue weighted by molar-refractivity contribution is -0.116. The number of carbonyl (C=O) groups is 1. The molecular formula is C23H29N3O3S. The fourth-order valence-corrected chi connectivity index (χ4v) is 3.92. The van der Waals surface area contributed by atoms with E-state index in [9.17, 15) is 13.2 Å². The van der Waals surface area contributed by atoms with Crippen molar-refractivity contribution < 1.29 is 13.2 Å². The molecule has 0 aliphatic heterocycles. The van der Waals surface area contributed by atoms with Crippen molar-refractivity contribution in [2.45, 2.75) is 44.8 Å². The fourth-order valence-electron chi connectivity index (χ4n) is 3.07. The van der Waals surface area contributed by atoms with Crippen LogP contribution in [-0.4, -0.2) is 30.2 Å². The van der Waals surface area contributed by atoms with Gasteiger partial charge in [-0.15, -0.1) is 0 Å². The van der Waals surface area contributed by atoms with Crippen LogP contribution in [0.2, 0.25) is 0 Å². The van der Waals surface area contributed by atoms with Gasteiger partial charge in [-0.3, -0.25) is 4.79 Å². The highest BCUT2D eigenvalue weighted by Crippen LogP contribution is 2.21. The molecule has 0 atom stereocenters. The Morgan fingerprint density at radius 3 is 2.37 bits per heavy atom. The molecule has 0 spiro atoms. The number of nitrogens with one attached hydrogen (secondary N) is 2. The van der Waals surface area contributed by atoms with E-state index in [2.05, 4.69) is 32.8 Å². The minimum Gasteiger partial charge on any atom is -0.326 e. The first-order chi connectivity index (χ1) is 14.2. The monoisotopic (exact) mass is 427 g/mol. The summed E-state index contributed by atoms with van der Waals surface area (Å²) in [5, 5.41) is 4.08. The van der Waals surface area contributed by atoms with Crippen molar-refractivity contribution in [2.75, 3.05) is 11.9 Å². The van der Waals surface area contributed by atoms with Crippen LogP contribution in [0.4, 0.5) is 5.69 Å². The number of hydrogen-bond donors (Lipinski definition) is 2. The zero-order valence-electron chi connectivity index (χ0n) is 17.7. The predicted octanol–water partition coefficient (Wildman–Crippen LogP) is 4.46. The molecule has 0 saturated carbocycles. The summed E-state index contributed by atoms with van der Waals surface area (Å²) in [6, 6.07) is 18.0. The molecule has 1 amide bonds. The van der Waals surface area contributed by atoms with E-state index in [1.54, 1.807) is 20.8 Å². The molecule has 0 radical (unpaired) electrons. The second-order valence-corrected chi connectivity index (χ2v) is 10.8. The first-order valence-electron chi connectivity index (χ1n) is 10.1. The molecule has 0 unspecified atom stereocenters. The number of hydrogen-bond acceptors (Lipinski definition) is 3. The molecule has 7 heteroatoms. The first-order valence-corrected chi connectivity index (χ1v) is 11.6. The quantitative estimate of drug-likeness (QED) is 0.521. The number of aromatic nitrogens is 1. The highest BCUT2D eigenvalue weighted by Gasteiger charge is 2.27. The molecule has 0 fully saturated rings. The Kier molecular flexibility index (Phi) is 6.63.